The van der Waals surface area contributed by atoms with Crippen molar-refractivity contribution in [3.63, 3.8) is 0 Å². The van der Waals surface area contributed by atoms with Crippen molar-refractivity contribution in [1.29, 1.82) is 0 Å². The summed E-state index contributed by atoms with van der Waals surface area (Å²) in [6.07, 6.45) is 0. The monoisotopic (exact) mass is 452 g/mol. The molecule has 0 saturated heterocycles. The molecule has 3 aromatic carbocycles. The number of hydrogen-bond donors (Lipinski definition) is 2. The second kappa shape index (κ2) is 10.9. The Morgan fingerprint density at radius 3 is 2.50 bits per heavy atom. The maximum absolute atomic E-state index is 12.3. The van der Waals surface area contributed by atoms with Crippen molar-refractivity contribution in [3.8, 4) is 11.5 Å². The van der Waals surface area contributed by atoms with Crippen LogP contribution in [0.1, 0.15) is 29.2 Å². The molecule has 0 aliphatic heterocycles. The first-order valence-corrected chi connectivity index (χ1v) is 11.0. The third-order valence-corrected chi connectivity index (χ3v) is 5.62. The van der Waals surface area contributed by atoms with Crippen LogP contribution in [0.25, 0.3) is 0 Å². The van der Waals surface area contributed by atoms with E-state index in [1.54, 1.807) is 0 Å². The molecule has 0 bridgehead atoms. The normalized spacial score (nSPS) is 10.5. The maximum Gasteiger partial charge on any atom is 0.262 e. The summed E-state index contributed by atoms with van der Waals surface area (Å²) in [5.41, 5.74) is 6.08. The Hall–Kier alpha value is -3.18. The van der Waals surface area contributed by atoms with E-state index in [-0.39, 0.29) is 12.5 Å². The number of nitrogens with one attached hydrogen (secondary N) is 2. The molecule has 0 aromatic heterocycles. The molecule has 1 amide bonds. The lowest BCUT2D eigenvalue weighted by molar-refractivity contribution is -0.118. The molecule has 0 aliphatic carbocycles. The topological polar surface area (TPSA) is 59.6 Å². The van der Waals surface area contributed by atoms with E-state index in [1.807, 2.05) is 82.3 Å². The summed E-state index contributed by atoms with van der Waals surface area (Å²) in [6.45, 7) is 8.94. The highest BCUT2D eigenvalue weighted by atomic mass is 35.5. The molecule has 0 unspecified atom stereocenters. The summed E-state index contributed by atoms with van der Waals surface area (Å²) in [6, 6.07) is 17.3. The number of carbonyl (C=O) groups excluding carboxylic acids is 1. The predicted molar refractivity (Wildman–Crippen MR) is 131 cm³/mol. The smallest absolute Gasteiger partial charge is 0.262 e. The van der Waals surface area contributed by atoms with Crippen LogP contribution in [0.3, 0.4) is 0 Å². The predicted octanol–water partition coefficient (Wildman–Crippen LogP) is 6.29. The average Bonchev–Trinajstić information content (AvgIpc) is 2.77. The van der Waals surface area contributed by atoms with Gasteiger partial charge in [0.05, 0.1) is 6.61 Å². The SMILES string of the molecule is CCOc1cc(CNc2cccc(Cl)c2C)ccc1OCC(=O)Nc1ccc(C)c(C)c1. The summed E-state index contributed by atoms with van der Waals surface area (Å²) in [4.78, 5) is 12.3. The van der Waals surface area contributed by atoms with Gasteiger partial charge in [0.1, 0.15) is 0 Å². The molecule has 0 spiro atoms. The van der Waals surface area contributed by atoms with Crippen molar-refractivity contribution in [3.05, 3.63) is 81.9 Å². The Morgan fingerprint density at radius 2 is 1.75 bits per heavy atom. The molecular weight excluding hydrogens is 424 g/mol. The van der Waals surface area contributed by atoms with Gasteiger partial charge in [0, 0.05) is 22.9 Å². The molecular formula is C26H29ClN2O3. The van der Waals surface area contributed by atoms with Gasteiger partial charge in [0.25, 0.3) is 5.91 Å². The number of ether oxygens (including phenoxy) is 2. The molecule has 3 rings (SSSR count). The van der Waals surface area contributed by atoms with Crippen molar-refractivity contribution >= 4 is 28.9 Å². The first kappa shape index (κ1) is 23.5. The van der Waals surface area contributed by atoms with Crippen LogP contribution >= 0.6 is 11.6 Å². The largest absolute Gasteiger partial charge is 0.490 e. The molecule has 5 nitrogen and oxygen atoms in total. The van der Waals surface area contributed by atoms with Crippen molar-refractivity contribution in [2.45, 2.75) is 34.2 Å². The van der Waals surface area contributed by atoms with Crippen molar-refractivity contribution in [2.24, 2.45) is 0 Å². The van der Waals surface area contributed by atoms with Gasteiger partial charge >= 0.3 is 0 Å². The van der Waals surface area contributed by atoms with Crippen molar-refractivity contribution < 1.29 is 14.3 Å². The summed E-state index contributed by atoms with van der Waals surface area (Å²) in [5, 5.41) is 7.00. The van der Waals surface area contributed by atoms with Gasteiger partial charge in [0.2, 0.25) is 0 Å². The number of benzene rings is 3. The Morgan fingerprint density at radius 1 is 0.938 bits per heavy atom. The van der Waals surface area contributed by atoms with Crippen molar-refractivity contribution in [2.75, 3.05) is 23.8 Å². The zero-order valence-electron chi connectivity index (χ0n) is 18.9. The Kier molecular flexibility index (Phi) is 8.01. The lowest BCUT2D eigenvalue weighted by Crippen LogP contribution is -2.20. The minimum Gasteiger partial charge on any atom is -0.490 e. The van der Waals surface area contributed by atoms with Gasteiger partial charge in [-0.15, -0.1) is 0 Å². The van der Waals surface area contributed by atoms with Gasteiger partial charge in [-0.1, -0.05) is 29.8 Å². The fourth-order valence-electron chi connectivity index (χ4n) is 3.21. The first-order chi connectivity index (χ1) is 15.4. The summed E-state index contributed by atoms with van der Waals surface area (Å²) in [7, 11) is 0. The van der Waals surface area contributed by atoms with E-state index in [9.17, 15) is 4.79 Å². The van der Waals surface area contributed by atoms with Gasteiger partial charge in [-0.25, -0.2) is 0 Å². The van der Waals surface area contributed by atoms with Gasteiger partial charge < -0.3 is 20.1 Å². The van der Waals surface area contributed by atoms with Crippen LogP contribution in [0.4, 0.5) is 11.4 Å². The zero-order chi connectivity index (χ0) is 23.1. The molecule has 0 radical (unpaired) electrons. The molecule has 0 atom stereocenters. The van der Waals surface area contributed by atoms with Gasteiger partial charge in [-0.05, 0) is 86.3 Å². The Labute approximate surface area is 194 Å². The molecule has 0 heterocycles. The van der Waals surface area contributed by atoms with Crippen molar-refractivity contribution in [1.82, 2.24) is 0 Å². The van der Waals surface area contributed by atoms with E-state index >= 15 is 0 Å². The molecule has 2 N–H and O–H groups in total. The highest BCUT2D eigenvalue weighted by Gasteiger charge is 2.11. The Bertz CT molecular complexity index is 1100. The number of carbonyl (C=O) groups is 1. The van der Waals surface area contributed by atoms with E-state index < -0.39 is 0 Å². The fourth-order valence-corrected chi connectivity index (χ4v) is 3.38. The highest BCUT2D eigenvalue weighted by molar-refractivity contribution is 6.31. The van der Waals surface area contributed by atoms with Gasteiger partial charge in [-0.2, -0.15) is 0 Å². The molecule has 32 heavy (non-hydrogen) atoms. The van der Waals surface area contributed by atoms with Crippen LogP contribution in [0.15, 0.2) is 54.6 Å². The number of halogens is 1. The fraction of sp³-hybridized carbons (Fsp3) is 0.269. The van der Waals surface area contributed by atoms with Gasteiger partial charge in [-0.3, -0.25) is 4.79 Å². The highest BCUT2D eigenvalue weighted by Crippen LogP contribution is 2.30. The summed E-state index contributed by atoms with van der Waals surface area (Å²) < 4.78 is 11.5. The minimum absolute atomic E-state index is 0.105. The number of amides is 1. The third kappa shape index (κ3) is 6.17. The lowest BCUT2D eigenvalue weighted by Gasteiger charge is -2.15. The van der Waals surface area contributed by atoms with Gasteiger partial charge in [0.15, 0.2) is 18.1 Å². The third-order valence-electron chi connectivity index (χ3n) is 5.21. The number of rotatable bonds is 9. The van der Waals surface area contributed by atoms with Crippen LogP contribution in [-0.4, -0.2) is 19.1 Å². The molecule has 3 aromatic rings. The number of hydrogen-bond acceptors (Lipinski definition) is 4. The summed E-state index contributed by atoms with van der Waals surface area (Å²) >= 11 is 6.20. The van der Waals surface area contributed by atoms with Crippen LogP contribution in [0.2, 0.25) is 5.02 Å². The standard InChI is InChI=1S/C26H29ClN2O3/c1-5-31-25-14-20(15-28-23-8-6-7-22(27)19(23)4)10-12-24(25)32-16-26(30)29-21-11-9-17(2)18(3)13-21/h6-14,28H,5,15-16H2,1-4H3,(H,29,30). The molecule has 0 aliphatic rings. The van der Waals surface area contributed by atoms with Crippen LogP contribution in [0.5, 0.6) is 11.5 Å². The molecule has 6 heteroatoms. The minimum atomic E-state index is -0.224. The summed E-state index contributed by atoms with van der Waals surface area (Å²) in [5.74, 6) is 0.913. The Balaban J connectivity index is 1.62. The number of aryl methyl sites for hydroxylation is 2. The second-order valence-electron chi connectivity index (χ2n) is 7.62. The first-order valence-electron chi connectivity index (χ1n) is 10.6. The molecule has 0 saturated carbocycles. The lowest BCUT2D eigenvalue weighted by atomic mass is 10.1. The molecule has 168 valence electrons. The van der Waals surface area contributed by atoms with Crippen LogP contribution in [-0.2, 0) is 11.3 Å². The van der Waals surface area contributed by atoms with E-state index in [1.165, 1.54) is 5.56 Å². The van der Waals surface area contributed by atoms with E-state index in [0.29, 0.717) is 24.7 Å². The van der Waals surface area contributed by atoms with E-state index in [4.69, 9.17) is 21.1 Å². The van der Waals surface area contributed by atoms with Crippen LogP contribution < -0.4 is 20.1 Å². The zero-order valence-corrected chi connectivity index (χ0v) is 19.7. The average molecular weight is 453 g/mol. The molecule has 0 fully saturated rings. The quantitative estimate of drug-likeness (QED) is 0.400. The maximum atomic E-state index is 12.3. The van der Waals surface area contributed by atoms with E-state index in [2.05, 4.69) is 10.6 Å². The van der Waals surface area contributed by atoms with Crippen LogP contribution in [0, 0.1) is 20.8 Å². The second-order valence-corrected chi connectivity index (χ2v) is 8.02. The number of anilines is 2. The van der Waals surface area contributed by atoms with E-state index in [0.717, 1.165) is 33.1 Å².